The summed E-state index contributed by atoms with van der Waals surface area (Å²) in [6.07, 6.45) is 10.2. The molecule has 1 unspecified atom stereocenters. The molecule has 2 rings (SSSR count). The van der Waals surface area contributed by atoms with Crippen LogP contribution in [0, 0.1) is 0 Å². The molecular weight excluding hydrogens is 302 g/mol. The molecule has 2 aliphatic rings. The predicted molar refractivity (Wildman–Crippen MR) is 96.3 cm³/mol. The first-order chi connectivity index (χ1) is 11.6. The second-order valence-electron chi connectivity index (χ2n) is 6.45. The van der Waals surface area contributed by atoms with E-state index >= 15 is 0 Å². The number of rotatable bonds is 8. The number of hydrogen-bond donors (Lipinski definition) is 1. The number of hydrogen-bond acceptors (Lipinski definition) is 3. The number of fused-ring (bicyclic) bond motifs is 1. The molecule has 24 heavy (non-hydrogen) atoms. The van der Waals surface area contributed by atoms with Gasteiger partial charge in [-0.25, -0.2) is 0 Å². The van der Waals surface area contributed by atoms with Crippen molar-refractivity contribution >= 4 is 11.8 Å². The lowest BCUT2D eigenvalue weighted by atomic mass is 10.0. The molecule has 0 saturated carbocycles. The summed E-state index contributed by atoms with van der Waals surface area (Å²) in [5, 5.41) is 3.17. The SMILES string of the molecule is C=CCCC(/C=C\CC)=C(/C)CCN1CC2NCC(=O)N2CC1=O. The summed E-state index contributed by atoms with van der Waals surface area (Å²) >= 11 is 0. The van der Waals surface area contributed by atoms with Crippen molar-refractivity contribution in [2.24, 2.45) is 0 Å². The molecule has 2 heterocycles. The highest BCUT2D eigenvalue weighted by molar-refractivity contribution is 5.88. The van der Waals surface area contributed by atoms with Gasteiger partial charge in [-0.2, -0.15) is 0 Å². The number of carbonyl (C=O) groups is 2. The van der Waals surface area contributed by atoms with Crippen LogP contribution in [0.2, 0.25) is 0 Å². The average Bonchev–Trinajstić information content (AvgIpc) is 2.93. The fourth-order valence-corrected chi connectivity index (χ4v) is 3.14. The van der Waals surface area contributed by atoms with Crippen molar-refractivity contribution in [3.8, 4) is 0 Å². The van der Waals surface area contributed by atoms with Crippen molar-refractivity contribution in [1.29, 1.82) is 0 Å². The van der Waals surface area contributed by atoms with Crippen LogP contribution in [0.5, 0.6) is 0 Å². The van der Waals surface area contributed by atoms with E-state index in [1.54, 1.807) is 4.90 Å². The summed E-state index contributed by atoms with van der Waals surface area (Å²) in [4.78, 5) is 27.5. The Kier molecular flexibility index (Phi) is 6.79. The lowest BCUT2D eigenvalue weighted by Crippen LogP contribution is -2.57. The highest BCUT2D eigenvalue weighted by Gasteiger charge is 2.38. The van der Waals surface area contributed by atoms with Crippen LogP contribution in [0.4, 0.5) is 0 Å². The fraction of sp³-hybridized carbons (Fsp3) is 0.579. The average molecular weight is 331 g/mol. The van der Waals surface area contributed by atoms with Crippen LogP contribution in [-0.4, -0.2) is 54.0 Å². The van der Waals surface area contributed by atoms with Gasteiger partial charge in [0.05, 0.1) is 13.1 Å². The van der Waals surface area contributed by atoms with E-state index in [1.807, 2.05) is 11.0 Å². The molecule has 0 aliphatic carbocycles. The molecule has 5 nitrogen and oxygen atoms in total. The molecule has 0 aromatic heterocycles. The van der Waals surface area contributed by atoms with E-state index in [4.69, 9.17) is 0 Å². The zero-order valence-electron chi connectivity index (χ0n) is 14.9. The van der Waals surface area contributed by atoms with Crippen LogP contribution in [0.3, 0.4) is 0 Å². The minimum Gasteiger partial charge on any atom is -0.337 e. The number of nitrogens with one attached hydrogen (secondary N) is 1. The van der Waals surface area contributed by atoms with Crippen LogP contribution in [0.15, 0.2) is 36.0 Å². The number of carbonyl (C=O) groups excluding carboxylic acids is 2. The van der Waals surface area contributed by atoms with Crippen LogP contribution in [-0.2, 0) is 9.59 Å². The zero-order chi connectivity index (χ0) is 17.5. The first kappa shape index (κ1) is 18.5. The highest BCUT2D eigenvalue weighted by atomic mass is 16.2. The third-order valence-corrected chi connectivity index (χ3v) is 4.71. The van der Waals surface area contributed by atoms with Gasteiger partial charge in [0.15, 0.2) is 0 Å². The number of piperazine rings is 1. The molecule has 0 spiro atoms. The van der Waals surface area contributed by atoms with E-state index in [0.29, 0.717) is 19.6 Å². The molecule has 0 aromatic rings. The maximum Gasteiger partial charge on any atom is 0.242 e. The Hall–Kier alpha value is -1.88. The highest BCUT2D eigenvalue weighted by Crippen LogP contribution is 2.19. The quantitative estimate of drug-likeness (QED) is 0.548. The third-order valence-electron chi connectivity index (χ3n) is 4.71. The van der Waals surface area contributed by atoms with Gasteiger partial charge in [-0.1, -0.05) is 30.7 Å². The van der Waals surface area contributed by atoms with Gasteiger partial charge < -0.3 is 9.80 Å². The first-order valence-electron chi connectivity index (χ1n) is 8.83. The Morgan fingerprint density at radius 1 is 1.33 bits per heavy atom. The summed E-state index contributed by atoms with van der Waals surface area (Å²) in [5.41, 5.74) is 2.67. The van der Waals surface area contributed by atoms with Crippen molar-refractivity contribution in [3.05, 3.63) is 36.0 Å². The van der Waals surface area contributed by atoms with Crippen LogP contribution in [0.1, 0.15) is 39.5 Å². The number of allylic oxidation sites excluding steroid dienone is 4. The Morgan fingerprint density at radius 2 is 2.12 bits per heavy atom. The number of amides is 2. The van der Waals surface area contributed by atoms with Gasteiger partial charge in [0.25, 0.3) is 0 Å². The third kappa shape index (κ3) is 4.57. The van der Waals surface area contributed by atoms with E-state index in [1.165, 1.54) is 11.1 Å². The van der Waals surface area contributed by atoms with E-state index in [-0.39, 0.29) is 24.5 Å². The van der Waals surface area contributed by atoms with Crippen LogP contribution in [0.25, 0.3) is 0 Å². The zero-order valence-corrected chi connectivity index (χ0v) is 14.9. The molecule has 132 valence electrons. The van der Waals surface area contributed by atoms with E-state index in [2.05, 4.69) is 37.9 Å². The van der Waals surface area contributed by atoms with Crippen LogP contribution < -0.4 is 5.32 Å². The molecule has 1 atom stereocenters. The summed E-state index contributed by atoms with van der Waals surface area (Å²) < 4.78 is 0. The Bertz CT molecular complexity index is 551. The lowest BCUT2D eigenvalue weighted by Gasteiger charge is -2.36. The number of nitrogens with zero attached hydrogens (tertiary/aromatic N) is 2. The molecule has 2 saturated heterocycles. The molecule has 2 fully saturated rings. The summed E-state index contributed by atoms with van der Waals surface area (Å²) in [6.45, 7) is 9.93. The predicted octanol–water partition coefficient (Wildman–Crippen LogP) is 2.23. The minimum absolute atomic E-state index is 0.0142. The normalized spacial score (nSPS) is 22.2. The smallest absolute Gasteiger partial charge is 0.242 e. The molecule has 0 bridgehead atoms. The van der Waals surface area contributed by atoms with E-state index in [0.717, 1.165) is 25.7 Å². The Balaban J connectivity index is 1.95. The topological polar surface area (TPSA) is 52.7 Å². The van der Waals surface area contributed by atoms with Gasteiger partial charge in [0.2, 0.25) is 11.8 Å². The monoisotopic (exact) mass is 331 g/mol. The minimum atomic E-state index is -0.0142. The maximum absolute atomic E-state index is 12.3. The summed E-state index contributed by atoms with van der Waals surface area (Å²) in [5.74, 6) is 0.0772. The van der Waals surface area contributed by atoms with Crippen molar-refractivity contribution < 1.29 is 9.59 Å². The Labute approximate surface area is 145 Å². The van der Waals surface area contributed by atoms with Crippen LogP contribution >= 0.6 is 0 Å². The second kappa shape index (κ2) is 8.83. The molecule has 1 N–H and O–H groups in total. The largest absolute Gasteiger partial charge is 0.337 e. The van der Waals surface area contributed by atoms with Gasteiger partial charge in [-0.15, -0.1) is 6.58 Å². The Morgan fingerprint density at radius 3 is 2.83 bits per heavy atom. The van der Waals surface area contributed by atoms with E-state index < -0.39 is 0 Å². The molecule has 5 heteroatoms. The standard InChI is InChI=1S/C19H29N3O2/c1-4-6-8-16(9-7-5-2)15(3)10-11-21-13-17-20-12-18(23)22(17)14-19(21)24/h4,7,9,17,20H,1,5-6,8,10-14H2,2-3H3/b9-7-,16-15+. The van der Waals surface area contributed by atoms with Crippen molar-refractivity contribution in [3.63, 3.8) is 0 Å². The summed E-state index contributed by atoms with van der Waals surface area (Å²) in [6, 6.07) is 0. The molecule has 2 aliphatic heterocycles. The lowest BCUT2D eigenvalue weighted by molar-refractivity contribution is -0.144. The fourth-order valence-electron chi connectivity index (χ4n) is 3.14. The summed E-state index contributed by atoms with van der Waals surface area (Å²) in [7, 11) is 0. The van der Waals surface area contributed by atoms with Crippen molar-refractivity contribution in [1.82, 2.24) is 15.1 Å². The second-order valence-corrected chi connectivity index (χ2v) is 6.45. The molecule has 0 aromatic carbocycles. The first-order valence-corrected chi connectivity index (χ1v) is 8.83. The maximum atomic E-state index is 12.3. The molecule has 0 radical (unpaired) electrons. The molecule has 2 amide bonds. The van der Waals surface area contributed by atoms with Gasteiger partial charge in [-0.05, 0) is 38.2 Å². The van der Waals surface area contributed by atoms with Gasteiger partial charge in [0, 0.05) is 6.54 Å². The molecular formula is C19H29N3O2. The van der Waals surface area contributed by atoms with Crippen molar-refractivity contribution in [2.75, 3.05) is 26.2 Å². The van der Waals surface area contributed by atoms with E-state index in [9.17, 15) is 9.59 Å². The van der Waals surface area contributed by atoms with Gasteiger partial charge in [0.1, 0.15) is 12.7 Å². The van der Waals surface area contributed by atoms with Crippen molar-refractivity contribution in [2.45, 2.75) is 45.7 Å². The van der Waals surface area contributed by atoms with Gasteiger partial charge >= 0.3 is 0 Å². The van der Waals surface area contributed by atoms with Gasteiger partial charge in [-0.3, -0.25) is 14.9 Å².